The third-order valence-corrected chi connectivity index (χ3v) is 4.87. The minimum atomic E-state index is -0.133. The second-order valence-electron chi connectivity index (χ2n) is 7.00. The van der Waals surface area contributed by atoms with Gasteiger partial charge in [0.25, 0.3) is 5.56 Å². The third kappa shape index (κ3) is 4.01. The Kier molecular flexibility index (Phi) is 5.02. The highest BCUT2D eigenvalue weighted by Crippen LogP contribution is 2.32. The summed E-state index contributed by atoms with van der Waals surface area (Å²) in [4.78, 5) is 27.3. The van der Waals surface area contributed by atoms with Crippen LogP contribution in [0.15, 0.2) is 47.3 Å². The fraction of sp³-hybridized carbons (Fsp3) is 0.273. The number of aromatic amines is 1. The Morgan fingerprint density at radius 1 is 1.07 bits per heavy atom. The van der Waals surface area contributed by atoms with Gasteiger partial charge in [-0.05, 0) is 60.5 Å². The summed E-state index contributed by atoms with van der Waals surface area (Å²) in [7, 11) is 0. The predicted octanol–water partition coefficient (Wildman–Crippen LogP) is 2.86. The molecule has 1 aliphatic heterocycles. The number of carbonyl (C=O) groups is 1. The molecule has 6 nitrogen and oxygen atoms in total. The normalized spacial score (nSPS) is 12.3. The molecule has 0 atom stereocenters. The van der Waals surface area contributed by atoms with Crippen LogP contribution in [0.1, 0.15) is 23.1 Å². The molecule has 0 fully saturated rings. The average Bonchev–Trinajstić information content (AvgIpc) is 3.14. The summed E-state index contributed by atoms with van der Waals surface area (Å²) in [5, 5.41) is 3.89. The van der Waals surface area contributed by atoms with Gasteiger partial charge in [0.2, 0.25) is 12.7 Å². The molecular weight excluding hydrogens is 356 g/mol. The molecule has 0 radical (unpaired) electrons. The topological polar surface area (TPSA) is 80.4 Å². The van der Waals surface area contributed by atoms with Crippen LogP contribution in [0.3, 0.4) is 0 Å². The highest BCUT2D eigenvalue weighted by molar-refractivity contribution is 5.80. The Bertz CT molecular complexity index is 1090. The van der Waals surface area contributed by atoms with E-state index in [9.17, 15) is 9.59 Å². The van der Waals surface area contributed by atoms with Crippen molar-refractivity contribution >= 4 is 16.8 Å². The number of pyridine rings is 1. The van der Waals surface area contributed by atoms with Crippen molar-refractivity contribution in [2.24, 2.45) is 0 Å². The van der Waals surface area contributed by atoms with Crippen molar-refractivity contribution < 1.29 is 14.3 Å². The lowest BCUT2D eigenvalue weighted by molar-refractivity contribution is -0.121. The van der Waals surface area contributed by atoms with Crippen LogP contribution in [0, 0.1) is 6.92 Å². The number of aryl methyl sites for hydroxylation is 2. The van der Waals surface area contributed by atoms with Gasteiger partial charge in [-0.3, -0.25) is 9.59 Å². The summed E-state index contributed by atoms with van der Waals surface area (Å²) in [5.74, 6) is 1.43. The molecule has 1 amide bonds. The summed E-state index contributed by atoms with van der Waals surface area (Å²) in [5.41, 5.74) is 3.49. The number of fused-ring (bicyclic) bond motifs is 2. The molecular formula is C22H22N2O4. The van der Waals surface area contributed by atoms with Gasteiger partial charge in [0, 0.05) is 24.0 Å². The zero-order valence-electron chi connectivity index (χ0n) is 15.7. The molecule has 2 heterocycles. The number of H-pyrrole nitrogens is 1. The maximum absolute atomic E-state index is 12.2. The van der Waals surface area contributed by atoms with E-state index in [2.05, 4.69) is 10.3 Å². The van der Waals surface area contributed by atoms with Crippen LogP contribution in [-0.2, 0) is 17.6 Å². The van der Waals surface area contributed by atoms with Crippen molar-refractivity contribution in [1.82, 2.24) is 10.3 Å². The number of hydrogen-bond acceptors (Lipinski definition) is 4. The fourth-order valence-electron chi connectivity index (χ4n) is 3.33. The molecule has 2 aromatic carbocycles. The smallest absolute Gasteiger partial charge is 0.251 e. The van der Waals surface area contributed by atoms with Gasteiger partial charge < -0.3 is 19.8 Å². The van der Waals surface area contributed by atoms with Crippen molar-refractivity contribution in [3.8, 4) is 11.5 Å². The summed E-state index contributed by atoms with van der Waals surface area (Å²) in [6.07, 6.45) is 1.40. The van der Waals surface area contributed by atoms with Gasteiger partial charge in [0.15, 0.2) is 11.5 Å². The molecule has 1 aliphatic rings. The lowest BCUT2D eigenvalue weighted by Crippen LogP contribution is -2.26. The molecule has 0 unspecified atom stereocenters. The van der Waals surface area contributed by atoms with Crippen LogP contribution >= 0.6 is 0 Å². The zero-order valence-corrected chi connectivity index (χ0v) is 15.7. The molecule has 2 N–H and O–H groups in total. The zero-order chi connectivity index (χ0) is 19.5. The largest absolute Gasteiger partial charge is 0.454 e. The Hall–Kier alpha value is -3.28. The van der Waals surface area contributed by atoms with Gasteiger partial charge in [0.05, 0.1) is 0 Å². The van der Waals surface area contributed by atoms with Crippen LogP contribution in [-0.4, -0.2) is 24.2 Å². The number of ether oxygens (including phenoxy) is 2. The van der Waals surface area contributed by atoms with E-state index in [-0.39, 0.29) is 24.7 Å². The van der Waals surface area contributed by atoms with Crippen molar-refractivity contribution in [3.05, 3.63) is 69.5 Å². The number of amides is 1. The number of nitrogens with one attached hydrogen (secondary N) is 2. The lowest BCUT2D eigenvalue weighted by atomic mass is 10.1. The molecule has 0 spiro atoms. The second-order valence-corrected chi connectivity index (χ2v) is 7.00. The Labute approximate surface area is 162 Å². The van der Waals surface area contributed by atoms with Crippen molar-refractivity contribution in [3.63, 3.8) is 0 Å². The van der Waals surface area contributed by atoms with E-state index in [1.54, 1.807) is 0 Å². The summed E-state index contributed by atoms with van der Waals surface area (Å²) < 4.78 is 10.7. The van der Waals surface area contributed by atoms with Crippen molar-refractivity contribution in [2.75, 3.05) is 13.3 Å². The van der Waals surface area contributed by atoms with Gasteiger partial charge in [-0.2, -0.15) is 0 Å². The molecule has 0 saturated heterocycles. The monoisotopic (exact) mass is 378 g/mol. The van der Waals surface area contributed by atoms with Crippen LogP contribution in [0.2, 0.25) is 0 Å². The lowest BCUT2D eigenvalue weighted by Gasteiger charge is -2.07. The quantitative estimate of drug-likeness (QED) is 0.691. The summed E-state index contributed by atoms with van der Waals surface area (Å²) >= 11 is 0. The summed E-state index contributed by atoms with van der Waals surface area (Å²) in [6, 6.07) is 13.6. The number of carbonyl (C=O) groups excluding carboxylic acids is 1. The molecule has 3 aromatic rings. The Balaban J connectivity index is 1.30. The number of benzene rings is 2. The van der Waals surface area contributed by atoms with E-state index < -0.39 is 0 Å². The van der Waals surface area contributed by atoms with E-state index in [0.29, 0.717) is 24.9 Å². The Morgan fingerprint density at radius 3 is 2.82 bits per heavy atom. The molecule has 144 valence electrons. The molecule has 1 aromatic heterocycles. The van der Waals surface area contributed by atoms with E-state index in [4.69, 9.17) is 9.47 Å². The van der Waals surface area contributed by atoms with Gasteiger partial charge in [0.1, 0.15) is 0 Å². The first-order valence-corrected chi connectivity index (χ1v) is 9.36. The minimum Gasteiger partial charge on any atom is -0.454 e. The maximum Gasteiger partial charge on any atom is 0.251 e. The SMILES string of the molecule is Cc1ccc2cc(CCC(=O)NCCc3ccc4c(c3)OCO4)c(=O)[nH]c2c1. The number of hydrogen-bond donors (Lipinski definition) is 2. The number of rotatable bonds is 6. The van der Waals surface area contributed by atoms with Crippen molar-refractivity contribution in [1.29, 1.82) is 0 Å². The third-order valence-electron chi connectivity index (χ3n) is 4.87. The van der Waals surface area contributed by atoms with Crippen LogP contribution in [0.4, 0.5) is 0 Å². The van der Waals surface area contributed by atoms with Gasteiger partial charge in [-0.1, -0.05) is 18.2 Å². The van der Waals surface area contributed by atoms with E-state index >= 15 is 0 Å². The van der Waals surface area contributed by atoms with Gasteiger partial charge >= 0.3 is 0 Å². The molecule has 6 heteroatoms. The van der Waals surface area contributed by atoms with Crippen LogP contribution < -0.4 is 20.3 Å². The molecule has 0 aliphatic carbocycles. The highest BCUT2D eigenvalue weighted by Gasteiger charge is 2.13. The molecule has 0 saturated carbocycles. The van der Waals surface area contributed by atoms with E-state index in [0.717, 1.165) is 33.5 Å². The standard InChI is InChI=1S/C22H22N2O4/c1-14-2-4-16-12-17(22(26)24-18(16)10-14)5-7-21(25)23-9-8-15-3-6-19-20(11-15)28-13-27-19/h2-4,6,10-12H,5,7-9,13H2,1H3,(H,23,25)(H,24,26). The minimum absolute atomic E-state index is 0.0656. The first-order valence-electron chi connectivity index (χ1n) is 9.36. The molecule has 28 heavy (non-hydrogen) atoms. The number of aromatic nitrogens is 1. The first-order chi connectivity index (χ1) is 13.6. The highest BCUT2D eigenvalue weighted by atomic mass is 16.7. The van der Waals surface area contributed by atoms with E-state index in [1.807, 2.05) is 49.4 Å². The van der Waals surface area contributed by atoms with Crippen molar-refractivity contribution in [2.45, 2.75) is 26.2 Å². The first kappa shape index (κ1) is 18.1. The maximum atomic E-state index is 12.2. The average molecular weight is 378 g/mol. The summed E-state index contributed by atoms with van der Waals surface area (Å²) in [6.45, 7) is 2.77. The Morgan fingerprint density at radius 2 is 1.93 bits per heavy atom. The van der Waals surface area contributed by atoms with Gasteiger partial charge in [-0.25, -0.2) is 0 Å². The van der Waals surface area contributed by atoms with E-state index in [1.165, 1.54) is 0 Å². The van der Waals surface area contributed by atoms with Crippen LogP contribution in [0.25, 0.3) is 10.9 Å². The van der Waals surface area contributed by atoms with Gasteiger partial charge in [-0.15, -0.1) is 0 Å². The predicted molar refractivity (Wildman–Crippen MR) is 107 cm³/mol. The molecule has 4 rings (SSSR count). The second kappa shape index (κ2) is 7.76. The van der Waals surface area contributed by atoms with Crippen LogP contribution in [0.5, 0.6) is 11.5 Å². The fourth-order valence-corrected chi connectivity index (χ4v) is 3.33. The molecule has 0 bridgehead atoms.